The van der Waals surface area contributed by atoms with Crippen molar-refractivity contribution in [3.8, 4) is 11.1 Å². The minimum atomic E-state index is -0.874. The van der Waals surface area contributed by atoms with E-state index < -0.39 is 24.0 Å². The number of benzene rings is 2. The molecule has 2 aliphatic rings. The smallest absolute Gasteiger partial charge is 0.407 e. The molecule has 0 radical (unpaired) electrons. The summed E-state index contributed by atoms with van der Waals surface area (Å²) in [6.07, 6.45) is 3.71. The zero-order chi connectivity index (χ0) is 24.2. The van der Waals surface area contributed by atoms with E-state index in [9.17, 15) is 19.5 Å². The number of ether oxygens (including phenoxy) is 1. The summed E-state index contributed by atoms with van der Waals surface area (Å²) in [6.45, 7) is 3.84. The summed E-state index contributed by atoms with van der Waals surface area (Å²) >= 11 is 0. The maximum absolute atomic E-state index is 12.9. The molecule has 0 aromatic heterocycles. The van der Waals surface area contributed by atoms with Crippen molar-refractivity contribution in [1.29, 1.82) is 0 Å². The van der Waals surface area contributed by atoms with Gasteiger partial charge in [0, 0.05) is 12.0 Å². The molecule has 2 aromatic rings. The van der Waals surface area contributed by atoms with Crippen molar-refractivity contribution in [2.75, 3.05) is 6.61 Å². The molecule has 2 aromatic carbocycles. The number of carbonyl (C=O) groups excluding carboxylic acids is 2. The van der Waals surface area contributed by atoms with Gasteiger partial charge >= 0.3 is 12.1 Å². The van der Waals surface area contributed by atoms with Crippen LogP contribution < -0.4 is 10.6 Å². The van der Waals surface area contributed by atoms with Crippen LogP contribution in [0.2, 0.25) is 0 Å². The third-order valence-corrected chi connectivity index (χ3v) is 6.57. The molecule has 0 bridgehead atoms. The van der Waals surface area contributed by atoms with Gasteiger partial charge in [0.15, 0.2) is 0 Å². The first-order valence-corrected chi connectivity index (χ1v) is 11.7. The summed E-state index contributed by atoms with van der Waals surface area (Å²) in [5, 5.41) is 14.8. The van der Waals surface area contributed by atoms with Crippen LogP contribution in [-0.2, 0) is 14.3 Å². The van der Waals surface area contributed by atoms with Gasteiger partial charge in [0.1, 0.15) is 12.6 Å². The maximum atomic E-state index is 12.9. The van der Waals surface area contributed by atoms with E-state index in [1.807, 2.05) is 56.3 Å². The molecule has 0 fully saturated rings. The molecule has 0 spiro atoms. The van der Waals surface area contributed by atoms with E-state index in [4.69, 9.17) is 4.74 Å². The molecule has 7 heteroatoms. The number of rotatable bonds is 7. The Balaban J connectivity index is 1.37. The van der Waals surface area contributed by atoms with Gasteiger partial charge in [0.25, 0.3) is 0 Å². The van der Waals surface area contributed by atoms with Gasteiger partial charge in [0.2, 0.25) is 5.91 Å². The van der Waals surface area contributed by atoms with Crippen LogP contribution in [0.5, 0.6) is 0 Å². The number of fused-ring (bicyclic) bond motifs is 3. The summed E-state index contributed by atoms with van der Waals surface area (Å²) in [6, 6.07) is 15.0. The Bertz CT molecular complexity index is 1060. The third kappa shape index (κ3) is 4.98. The summed E-state index contributed by atoms with van der Waals surface area (Å²) in [4.78, 5) is 36.8. The first-order chi connectivity index (χ1) is 16.3. The standard InChI is InChI=1S/C27H30N2O5/c1-16(2)24(25(30)28-18-9-7-8-17(14-18)26(31)32)29-27(33)34-15-23-21-12-5-3-10-19(21)20-11-4-6-13-22(20)23/h3-7,9-13,16-18,23-24H,8,14-15H2,1-2H3,(H,28,30)(H,29,33)(H,31,32)/t17-,18-,24?/m1/s1. The number of hydrogen-bond acceptors (Lipinski definition) is 4. The maximum Gasteiger partial charge on any atom is 0.407 e. The van der Waals surface area contributed by atoms with Gasteiger partial charge in [-0.2, -0.15) is 0 Å². The molecule has 0 aliphatic heterocycles. The van der Waals surface area contributed by atoms with Gasteiger partial charge in [-0.15, -0.1) is 0 Å². The molecule has 178 valence electrons. The fraction of sp³-hybridized carbons (Fsp3) is 0.370. The Kier molecular flexibility index (Phi) is 7.01. The predicted octanol–water partition coefficient (Wildman–Crippen LogP) is 4.09. The van der Waals surface area contributed by atoms with Crippen LogP contribution in [0.25, 0.3) is 11.1 Å². The van der Waals surface area contributed by atoms with Crippen molar-refractivity contribution in [1.82, 2.24) is 10.6 Å². The van der Waals surface area contributed by atoms with Crippen molar-refractivity contribution in [3.63, 3.8) is 0 Å². The van der Waals surface area contributed by atoms with E-state index in [0.717, 1.165) is 22.3 Å². The van der Waals surface area contributed by atoms with Gasteiger partial charge in [-0.25, -0.2) is 4.79 Å². The molecular weight excluding hydrogens is 432 g/mol. The Morgan fingerprint density at radius 3 is 2.24 bits per heavy atom. The Labute approximate surface area is 199 Å². The van der Waals surface area contributed by atoms with Gasteiger partial charge < -0.3 is 20.5 Å². The molecule has 7 nitrogen and oxygen atoms in total. The molecule has 3 N–H and O–H groups in total. The second-order valence-corrected chi connectivity index (χ2v) is 9.24. The van der Waals surface area contributed by atoms with Crippen molar-refractivity contribution in [2.45, 2.75) is 44.7 Å². The highest BCUT2D eigenvalue weighted by Crippen LogP contribution is 2.44. The second-order valence-electron chi connectivity index (χ2n) is 9.24. The van der Waals surface area contributed by atoms with Gasteiger partial charge in [0.05, 0.1) is 5.92 Å². The lowest BCUT2D eigenvalue weighted by atomic mass is 9.90. The van der Waals surface area contributed by atoms with Crippen molar-refractivity contribution in [3.05, 3.63) is 71.8 Å². The number of alkyl carbamates (subject to hydrolysis) is 1. The van der Waals surface area contributed by atoms with Crippen molar-refractivity contribution < 1.29 is 24.2 Å². The molecule has 0 heterocycles. The van der Waals surface area contributed by atoms with Crippen LogP contribution in [0.4, 0.5) is 4.79 Å². The first kappa shape index (κ1) is 23.5. The number of nitrogens with one attached hydrogen (secondary N) is 2. The molecule has 2 aliphatic carbocycles. The van der Waals surface area contributed by atoms with Crippen LogP contribution in [0.15, 0.2) is 60.7 Å². The summed E-state index contributed by atoms with van der Waals surface area (Å²) in [5.41, 5.74) is 4.52. The van der Waals surface area contributed by atoms with Crippen LogP contribution in [0.3, 0.4) is 0 Å². The summed E-state index contributed by atoms with van der Waals surface area (Å²) < 4.78 is 5.59. The molecule has 34 heavy (non-hydrogen) atoms. The number of hydrogen-bond donors (Lipinski definition) is 3. The molecular formula is C27H30N2O5. The number of carbonyl (C=O) groups is 3. The number of carboxylic acids is 1. The molecule has 3 atom stereocenters. The van der Waals surface area contributed by atoms with Gasteiger partial charge in [-0.05, 0) is 41.0 Å². The minimum absolute atomic E-state index is 0.0650. The zero-order valence-electron chi connectivity index (χ0n) is 19.4. The first-order valence-electron chi connectivity index (χ1n) is 11.7. The van der Waals surface area contributed by atoms with E-state index in [-0.39, 0.29) is 30.4 Å². The number of amides is 2. The molecule has 0 saturated carbocycles. The molecule has 4 rings (SSSR count). The average molecular weight is 463 g/mol. The van der Waals surface area contributed by atoms with Gasteiger partial charge in [-0.3, -0.25) is 9.59 Å². The highest BCUT2D eigenvalue weighted by Gasteiger charge is 2.31. The van der Waals surface area contributed by atoms with Crippen molar-refractivity contribution >= 4 is 18.0 Å². The quantitative estimate of drug-likeness (QED) is 0.538. The van der Waals surface area contributed by atoms with Crippen molar-refractivity contribution in [2.24, 2.45) is 11.8 Å². The lowest BCUT2D eigenvalue weighted by Crippen LogP contribution is -2.52. The van der Waals surface area contributed by atoms with Crippen LogP contribution >= 0.6 is 0 Å². The van der Waals surface area contributed by atoms with E-state index in [0.29, 0.717) is 12.8 Å². The van der Waals surface area contributed by atoms with E-state index in [1.165, 1.54) is 0 Å². The van der Waals surface area contributed by atoms with Crippen LogP contribution in [0.1, 0.15) is 43.7 Å². The van der Waals surface area contributed by atoms with E-state index in [1.54, 1.807) is 6.08 Å². The lowest BCUT2D eigenvalue weighted by Gasteiger charge is -2.27. The minimum Gasteiger partial charge on any atom is -0.481 e. The third-order valence-electron chi connectivity index (χ3n) is 6.57. The highest BCUT2D eigenvalue weighted by atomic mass is 16.5. The fourth-order valence-corrected chi connectivity index (χ4v) is 4.77. The Morgan fingerprint density at radius 1 is 1.03 bits per heavy atom. The van der Waals surface area contributed by atoms with Gasteiger partial charge in [-0.1, -0.05) is 74.5 Å². The van der Waals surface area contributed by atoms with Crippen LogP contribution in [-0.4, -0.2) is 41.8 Å². The number of aliphatic carboxylic acids is 1. The SMILES string of the molecule is CC(C)C(NC(=O)OCC1c2ccccc2-c2ccccc21)C(=O)N[C@@H]1C=CC[C@@H](C(=O)O)C1. The Hall–Kier alpha value is -3.61. The van der Waals surface area contributed by atoms with E-state index in [2.05, 4.69) is 22.8 Å². The summed E-state index contributed by atoms with van der Waals surface area (Å²) in [5.74, 6) is -2.00. The fourth-order valence-electron chi connectivity index (χ4n) is 4.77. The monoisotopic (exact) mass is 462 g/mol. The normalized spacial score (nSPS) is 19.7. The molecule has 1 unspecified atom stereocenters. The lowest BCUT2D eigenvalue weighted by molar-refractivity contribution is -0.142. The van der Waals surface area contributed by atoms with Crippen LogP contribution in [0, 0.1) is 11.8 Å². The highest BCUT2D eigenvalue weighted by molar-refractivity contribution is 5.86. The zero-order valence-corrected chi connectivity index (χ0v) is 19.4. The number of carboxylic acid groups (broad SMARTS) is 1. The van der Waals surface area contributed by atoms with E-state index >= 15 is 0 Å². The number of allylic oxidation sites excluding steroid dienone is 1. The second kappa shape index (κ2) is 10.1. The Morgan fingerprint density at radius 2 is 1.65 bits per heavy atom. The largest absolute Gasteiger partial charge is 0.481 e. The summed E-state index contributed by atoms with van der Waals surface area (Å²) in [7, 11) is 0. The molecule has 0 saturated heterocycles. The predicted molar refractivity (Wildman–Crippen MR) is 128 cm³/mol. The topological polar surface area (TPSA) is 105 Å². The average Bonchev–Trinajstić information content (AvgIpc) is 3.15. The molecule has 2 amide bonds.